The molecule has 1 amide bonds. The lowest BCUT2D eigenvalue weighted by Gasteiger charge is -2.21. The molecule has 1 aliphatic rings. The fraction of sp³-hybridized carbons (Fsp3) is 0.529. The lowest BCUT2D eigenvalue weighted by atomic mass is 10.2. The molecule has 0 radical (unpaired) electrons. The van der Waals surface area contributed by atoms with E-state index in [4.69, 9.17) is 5.11 Å². The topological polar surface area (TPSA) is 70.4 Å². The summed E-state index contributed by atoms with van der Waals surface area (Å²) in [7, 11) is 0. The van der Waals surface area contributed by atoms with Crippen molar-refractivity contribution in [1.29, 1.82) is 0 Å². The Balaban J connectivity index is 1.83. The van der Waals surface area contributed by atoms with Gasteiger partial charge in [0.25, 0.3) is 0 Å². The Morgan fingerprint density at radius 3 is 2.65 bits per heavy atom. The summed E-state index contributed by atoms with van der Waals surface area (Å²) in [6, 6.07) is 7.80. The first kappa shape index (κ1) is 15.8. The molecule has 1 aromatic heterocycles. The van der Waals surface area contributed by atoms with E-state index in [0.29, 0.717) is 12.5 Å². The zero-order valence-electron chi connectivity index (χ0n) is 13.4. The van der Waals surface area contributed by atoms with Crippen molar-refractivity contribution < 1.29 is 9.90 Å². The molecule has 0 spiro atoms. The monoisotopic (exact) mass is 316 g/mol. The molecule has 124 valence electrons. The molecule has 2 aromatic rings. The SMILES string of the molecule is O=C(Cn1c(NCCO)nc2ccccc21)N1CCCCCC1. The van der Waals surface area contributed by atoms with Crippen LogP contribution in [0.2, 0.25) is 0 Å². The van der Waals surface area contributed by atoms with E-state index in [1.165, 1.54) is 12.8 Å². The molecule has 0 unspecified atom stereocenters. The summed E-state index contributed by atoms with van der Waals surface area (Å²) in [5, 5.41) is 12.1. The molecular weight excluding hydrogens is 292 g/mol. The summed E-state index contributed by atoms with van der Waals surface area (Å²) in [6.07, 6.45) is 4.60. The third-order valence-corrected chi connectivity index (χ3v) is 4.30. The van der Waals surface area contributed by atoms with Crippen LogP contribution in [0.25, 0.3) is 11.0 Å². The van der Waals surface area contributed by atoms with Gasteiger partial charge in [0.2, 0.25) is 11.9 Å². The van der Waals surface area contributed by atoms with E-state index in [0.717, 1.165) is 37.0 Å². The Morgan fingerprint density at radius 1 is 1.17 bits per heavy atom. The van der Waals surface area contributed by atoms with Crippen molar-refractivity contribution in [3.8, 4) is 0 Å². The highest BCUT2D eigenvalue weighted by Gasteiger charge is 2.19. The van der Waals surface area contributed by atoms with Crippen LogP contribution in [0.3, 0.4) is 0 Å². The lowest BCUT2D eigenvalue weighted by Crippen LogP contribution is -2.34. The minimum Gasteiger partial charge on any atom is -0.395 e. The number of nitrogens with one attached hydrogen (secondary N) is 1. The summed E-state index contributed by atoms with van der Waals surface area (Å²) in [6.45, 7) is 2.44. The number of imidazole rings is 1. The molecule has 23 heavy (non-hydrogen) atoms. The number of rotatable bonds is 5. The van der Waals surface area contributed by atoms with Crippen molar-refractivity contribution in [1.82, 2.24) is 14.5 Å². The predicted octanol–water partition coefficient (Wildman–Crippen LogP) is 1.84. The zero-order valence-corrected chi connectivity index (χ0v) is 13.4. The molecule has 1 aromatic carbocycles. The number of aromatic nitrogens is 2. The number of para-hydroxylation sites is 2. The van der Waals surface area contributed by atoms with Gasteiger partial charge in [0.15, 0.2) is 0 Å². The van der Waals surface area contributed by atoms with E-state index >= 15 is 0 Å². The first-order chi connectivity index (χ1) is 11.3. The summed E-state index contributed by atoms with van der Waals surface area (Å²) < 4.78 is 1.91. The molecule has 0 atom stereocenters. The van der Waals surface area contributed by atoms with E-state index < -0.39 is 0 Å². The van der Waals surface area contributed by atoms with E-state index in [1.807, 2.05) is 33.7 Å². The van der Waals surface area contributed by atoms with Crippen molar-refractivity contribution >= 4 is 22.9 Å². The number of hydrogen-bond donors (Lipinski definition) is 2. The van der Waals surface area contributed by atoms with Crippen molar-refractivity contribution in [3.63, 3.8) is 0 Å². The molecule has 0 aliphatic carbocycles. The Hall–Kier alpha value is -2.08. The molecule has 6 heteroatoms. The number of amides is 1. The average Bonchev–Trinajstić information content (AvgIpc) is 2.76. The summed E-state index contributed by atoms with van der Waals surface area (Å²) in [5.74, 6) is 0.783. The van der Waals surface area contributed by atoms with Gasteiger partial charge in [-0.25, -0.2) is 4.98 Å². The number of carbonyl (C=O) groups excluding carboxylic acids is 1. The smallest absolute Gasteiger partial charge is 0.242 e. The Labute approximate surface area is 136 Å². The van der Waals surface area contributed by atoms with Gasteiger partial charge in [-0.1, -0.05) is 25.0 Å². The van der Waals surface area contributed by atoms with Gasteiger partial charge in [-0.05, 0) is 25.0 Å². The van der Waals surface area contributed by atoms with Crippen LogP contribution in [0, 0.1) is 0 Å². The van der Waals surface area contributed by atoms with E-state index in [-0.39, 0.29) is 19.1 Å². The van der Waals surface area contributed by atoms with Gasteiger partial charge in [-0.2, -0.15) is 0 Å². The van der Waals surface area contributed by atoms with Crippen molar-refractivity contribution in [2.75, 3.05) is 31.6 Å². The van der Waals surface area contributed by atoms with Crippen molar-refractivity contribution in [2.24, 2.45) is 0 Å². The first-order valence-corrected chi connectivity index (χ1v) is 8.37. The van der Waals surface area contributed by atoms with Gasteiger partial charge in [-0.3, -0.25) is 4.79 Å². The average molecular weight is 316 g/mol. The minimum atomic E-state index is 0.0310. The molecule has 1 saturated heterocycles. The van der Waals surface area contributed by atoms with Crippen LogP contribution < -0.4 is 5.32 Å². The molecule has 6 nitrogen and oxygen atoms in total. The molecule has 1 fully saturated rings. The Kier molecular flexibility index (Phi) is 5.12. The fourth-order valence-corrected chi connectivity index (χ4v) is 3.09. The number of fused-ring (bicyclic) bond motifs is 1. The van der Waals surface area contributed by atoms with Gasteiger partial charge >= 0.3 is 0 Å². The lowest BCUT2D eigenvalue weighted by molar-refractivity contribution is -0.131. The van der Waals surface area contributed by atoms with Gasteiger partial charge in [-0.15, -0.1) is 0 Å². The predicted molar refractivity (Wildman–Crippen MR) is 90.4 cm³/mol. The summed E-state index contributed by atoms with van der Waals surface area (Å²) in [5.41, 5.74) is 1.80. The summed E-state index contributed by atoms with van der Waals surface area (Å²) in [4.78, 5) is 19.2. The van der Waals surface area contributed by atoms with Crippen LogP contribution in [0.5, 0.6) is 0 Å². The second kappa shape index (κ2) is 7.46. The minimum absolute atomic E-state index is 0.0310. The van der Waals surface area contributed by atoms with Crippen LogP contribution >= 0.6 is 0 Å². The highest BCUT2D eigenvalue weighted by molar-refractivity contribution is 5.83. The molecule has 1 aliphatic heterocycles. The largest absolute Gasteiger partial charge is 0.395 e. The summed E-state index contributed by atoms with van der Waals surface area (Å²) >= 11 is 0. The second-order valence-corrected chi connectivity index (χ2v) is 5.96. The van der Waals surface area contributed by atoms with Crippen LogP contribution in [-0.4, -0.2) is 51.7 Å². The first-order valence-electron chi connectivity index (χ1n) is 8.37. The van der Waals surface area contributed by atoms with Crippen LogP contribution in [0.4, 0.5) is 5.95 Å². The van der Waals surface area contributed by atoms with Gasteiger partial charge in [0.05, 0.1) is 17.6 Å². The normalized spacial score (nSPS) is 15.6. The quantitative estimate of drug-likeness (QED) is 0.883. The van der Waals surface area contributed by atoms with E-state index in [2.05, 4.69) is 10.3 Å². The Morgan fingerprint density at radius 2 is 1.91 bits per heavy atom. The number of benzene rings is 1. The van der Waals surface area contributed by atoms with Gasteiger partial charge in [0, 0.05) is 19.6 Å². The van der Waals surface area contributed by atoms with Crippen molar-refractivity contribution in [2.45, 2.75) is 32.2 Å². The molecular formula is C17H24N4O2. The molecule has 2 N–H and O–H groups in total. The highest BCUT2D eigenvalue weighted by Crippen LogP contribution is 2.20. The fourth-order valence-electron chi connectivity index (χ4n) is 3.09. The molecule has 0 bridgehead atoms. The molecule has 3 rings (SSSR count). The van der Waals surface area contributed by atoms with Crippen LogP contribution in [0.1, 0.15) is 25.7 Å². The van der Waals surface area contributed by atoms with Crippen LogP contribution in [0.15, 0.2) is 24.3 Å². The standard InChI is InChI=1S/C17H24N4O2/c22-12-9-18-17-19-14-7-3-4-8-15(14)21(17)13-16(23)20-10-5-1-2-6-11-20/h3-4,7-8,22H,1-2,5-6,9-13H2,(H,18,19). The Bertz CT molecular complexity index is 660. The van der Waals surface area contributed by atoms with Gasteiger partial charge in [0.1, 0.15) is 6.54 Å². The zero-order chi connectivity index (χ0) is 16.1. The maximum absolute atomic E-state index is 12.7. The highest BCUT2D eigenvalue weighted by atomic mass is 16.3. The molecule has 0 saturated carbocycles. The maximum Gasteiger partial charge on any atom is 0.242 e. The van der Waals surface area contributed by atoms with Gasteiger partial charge < -0.3 is 19.9 Å². The van der Waals surface area contributed by atoms with Crippen molar-refractivity contribution in [3.05, 3.63) is 24.3 Å². The number of anilines is 1. The number of aliphatic hydroxyl groups is 1. The number of nitrogens with zero attached hydrogens (tertiary/aromatic N) is 3. The number of carbonyl (C=O) groups is 1. The maximum atomic E-state index is 12.7. The number of hydrogen-bond acceptors (Lipinski definition) is 4. The van der Waals surface area contributed by atoms with E-state index in [1.54, 1.807) is 0 Å². The number of aliphatic hydroxyl groups excluding tert-OH is 1. The number of likely N-dealkylation sites (tertiary alicyclic amines) is 1. The van der Waals surface area contributed by atoms with Crippen LogP contribution in [-0.2, 0) is 11.3 Å². The van der Waals surface area contributed by atoms with E-state index in [9.17, 15) is 4.79 Å². The second-order valence-electron chi connectivity index (χ2n) is 5.96. The third-order valence-electron chi connectivity index (χ3n) is 4.30. The third kappa shape index (κ3) is 3.64. The molecule has 2 heterocycles.